The van der Waals surface area contributed by atoms with E-state index in [4.69, 9.17) is 12.2 Å². The number of hydrogen-bond donors (Lipinski definition) is 1. The molecule has 0 unspecified atom stereocenters. The van der Waals surface area contributed by atoms with Gasteiger partial charge in [0.05, 0.1) is 0 Å². The van der Waals surface area contributed by atoms with Crippen LogP contribution in [0.15, 0.2) is 17.1 Å². The van der Waals surface area contributed by atoms with Gasteiger partial charge in [-0.3, -0.25) is 9.78 Å². The molecule has 0 amide bonds. The summed E-state index contributed by atoms with van der Waals surface area (Å²) in [6, 6.07) is 1.53. The third-order valence-electron chi connectivity index (χ3n) is 3.50. The number of hydrogen-bond acceptors (Lipinski definition) is 2. The molecule has 0 atom stereocenters. The minimum absolute atomic E-state index is 0.120. The van der Waals surface area contributed by atoms with Gasteiger partial charge in [-0.25, -0.2) is 0 Å². The molecule has 0 radical (unpaired) electrons. The van der Waals surface area contributed by atoms with Crippen LogP contribution < -0.4 is 5.56 Å². The third-order valence-corrected chi connectivity index (χ3v) is 3.84. The van der Waals surface area contributed by atoms with Crippen molar-refractivity contribution >= 4 is 12.2 Å². The smallest absolute Gasteiger partial charge is 0.251 e. The Morgan fingerprint density at radius 3 is 2.73 bits per heavy atom. The zero-order chi connectivity index (χ0) is 11.1. The monoisotopic (exact) mass is 224 g/mol. The lowest BCUT2D eigenvalue weighted by molar-refractivity contribution is 0.305. The van der Waals surface area contributed by atoms with Crippen LogP contribution in [-0.4, -0.2) is 9.55 Å². The molecule has 1 aromatic rings. The number of aromatic nitrogens is 2. The highest BCUT2D eigenvalue weighted by molar-refractivity contribution is 7.71. The molecule has 1 aliphatic carbocycles. The molecule has 1 fully saturated rings. The van der Waals surface area contributed by atoms with Crippen molar-refractivity contribution in [3.63, 3.8) is 0 Å². The number of nitrogens with one attached hydrogen (secondary N) is 1. The number of H-pyrrole nitrogens is 1. The summed E-state index contributed by atoms with van der Waals surface area (Å²) in [5.74, 6) is 0.673. The third kappa shape index (κ3) is 2.04. The van der Waals surface area contributed by atoms with Gasteiger partial charge in [-0.2, -0.15) is 0 Å². The summed E-state index contributed by atoms with van der Waals surface area (Å²) in [7, 11) is 0. The molecular formula is C11H16N2OS. The van der Waals surface area contributed by atoms with Gasteiger partial charge in [0.1, 0.15) is 0 Å². The molecule has 4 heteroatoms. The van der Waals surface area contributed by atoms with E-state index < -0.39 is 0 Å². The second-order valence-corrected chi connectivity index (χ2v) is 5.14. The van der Waals surface area contributed by atoms with E-state index in [0.29, 0.717) is 16.1 Å². The molecule has 15 heavy (non-hydrogen) atoms. The summed E-state index contributed by atoms with van der Waals surface area (Å²) in [5, 5.41) is 0. The Labute approximate surface area is 94.1 Å². The summed E-state index contributed by atoms with van der Waals surface area (Å²) in [6.45, 7) is 5.44. The Bertz CT molecular complexity index is 468. The van der Waals surface area contributed by atoms with Crippen molar-refractivity contribution in [1.29, 1.82) is 0 Å². The Morgan fingerprint density at radius 2 is 2.27 bits per heavy atom. The van der Waals surface area contributed by atoms with Gasteiger partial charge < -0.3 is 4.57 Å². The van der Waals surface area contributed by atoms with Crippen LogP contribution in [0.2, 0.25) is 0 Å². The molecule has 0 saturated heterocycles. The van der Waals surface area contributed by atoms with Crippen molar-refractivity contribution in [2.75, 3.05) is 0 Å². The van der Waals surface area contributed by atoms with Crippen LogP contribution in [0.25, 0.3) is 0 Å². The molecule has 1 heterocycles. The van der Waals surface area contributed by atoms with Crippen molar-refractivity contribution in [3.05, 3.63) is 27.4 Å². The fourth-order valence-corrected chi connectivity index (χ4v) is 2.21. The maximum atomic E-state index is 11.0. The SMILES string of the molecule is CC(C)C1(Cn2ccc(=O)[nH]c2=S)CC1. The molecule has 2 rings (SSSR count). The lowest BCUT2D eigenvalue weighted by Gasteiger charge is -2.20. The van der Waals surface area contributed by atoms with Gasteiger partial charge in [-0.15, -0.1) is 0 Å². The number of aromatic amines is 1. The lowest BCUT2D eigenvalue weighted by Crippen LogP contribution is -2.20. The van der Waals surface area contributed by atoms with E-state index >= 15 is 0 Å². The molecule has 1 aromatic heterocycles. The second kappa shape index (κ2) is 3.59. The molecule has 3 nitrogen and oxygen atoms in total. The normalized spacial score (nSPS) is 18.1. The molecule has 0 aromatic carbocycles. The maximum Gasteiger partial charge on any atom is 0.251 e. The molecule has 82 valence electrons. The van der Waals surface area contributed by atoms with Gasteiger partial charge in [-0.05, 0) is 36.4 Å². The fraction of sp³-hybridized carbons (Fsp3) is 0.636. The Morgan fingerprint density at radius 1 is 1.60 bits per heavy atom. The van der Waals surface area contributed by atoms with Gasteiger partial charge in [0.15, 0.2) is 4.77 Å². The van der Waals surface area contributed by atoms with Crippen LogP contribution >= 0.6 is 12.2 Å². The minimum atomic E-state index is -0.120. The van der Waals surface area contributed by atoms with E-state index in [0.717, 1.165) is 6.54 Å². The average Bonchev–Trinajstić information content (AvgIpc) is 2.91. The highest BCUT2D eigenvalue weighted by atomic mass is 32.1. The topological polar surface area (TPSA) is 37.8 Å². The zero-order valence-electron chi connectivity index (χ0n) is 9.12. The van der Waals surface area contributed by atoms with Gasteiger partial charge >= 0.3 is 0 Å². The standard InChI is InChI=1S/C11H16N2OS/c1-8(2)11(4-5-11)7-13-6-3-9(14)12-10(13)15/h3,6,8H,4-5,7H2,1-2H3,(H,12,14,15). The predicted octanol–water partition coefficient (Wildman–Crippen LogP) is 2.34. The average molecular weight is 224 g/mol. The Kier molecular flexibility index (Phi) is 2.54. The highest BCUT2D eigenvalue weighted by Crippen LogP contribution is 2.53. The molecule has 1 saturated carbocycles. The van der Waals surface area contributed by atoms with Gasteiger partial charge in [0.25, 0.3) is 5.56 Å². The Hall–Kier alpha value is -0.900. The minimum Gasteiger partial charge on any atom is -0.325 e. The van der Waals surface area contributed by atoms with Crippen molar-refractivity contribution in [2.24, 2.45) is 11.3 Å². The van der Waals surface area contributed by atoms with Crippen molar-refractivity contribution in [2.45, 2.75) is 33.2 Å². The van der Waals surface area contributed by atoms with E-state index in [9.17, 15) is 4.79 Å². The van der Waals surface area contributed by atoms with Crippen LogP contribution in [0.5, 0.6) is 0 Å². The molecule has 1 aliphatic rings. The van der Waals surface area contributed by atoms with E-state index in [2.05, 4.69) is 18.8 Å². The summed E-state index contributed by atoms with van der Waals surface area (Å²) in [4.78, 5) is 13.7. The lowest BCUT2D eigenvalue weighted by atomic mass is 9.92. The Balaban J connectivity index is 2.26. The molecule has 0 bridgehead atoms. The van der Waals surface area contributed by atoms with Crippen molar-refractivity contribution < 1.29 is 0 Å². The van der Waals surface area contributed by atoms with Crippen molar-refractivity contribution in [3.8, 4) is 0 Å². The molecule has 0 spiro atoms. The summed E-state index contributed by atoms with van der Waals surface area (Å²) in [5.41, 5.74) is 0.293. The van der Waals surface area contributed by atoms with Gasteiger partial charge in [0.2, 0.25) is 0 Å². The summed E-state index contributed by atoms with van der Waals surface area (Å²) < 4.78 is 2.51. The van der Waals surface area contributed by atoms with Crippen LogP contribution in [0.1, 0.15) is 26.7 Å². The van der Waals surface area contributed by atoms with Crippen LogP contribution in [-0.2, 0) is 6.54 Å². The van der Waals surface area contributed by atoms with Crippen molar-refractivity contribution in [1.82, 2.24) is 9.55 Å². The zero-order valence-corrected chi connectivity index (χ0v) is 9.93. The highest BCUT2D eigenvalue weighted by Gasteiger charge is 2.45. The first-order chi connectivity index (χ1) is 7.03. The first-order valence-corrected chi connectivity index (χ1v) is 5.74. The molecule has 0 aliphatic heterocycles. The first kappa shape index (κ1) is 10.6. The predicted molar refractivity (Wildman–Crippen MR) is 62.4 cm³/mol. The quantitative estimate of drug-likeness (QED) is 0.800. The fourth-order valence-electron chi connectivity index (χ4n) is 1.99. The second-order valence-electron chi connectivity index (χ2n) is 4.76. The van der Waals surface area contributed by atoms with Crippen LogP contribution in [0.4, 0.5) is 0 Å². The largest absolute Gasteiger partial charge is 0.325 e. The molecular weight excluding hydrogens is 208 g/mol. The maximum absolute atomic E-state index is 11.0. The van der Waals surface area contributed by atoms with E-state index in [1.807, 2.05) is 4.57 Å². The first-order valence-electron chi connectivity index (χ1n) is 5.33. The number of nitrogens with zero attached hydrogens (tertiary/aromatic N) is 1. The number of rotatable bonds is 3. The van der Waals surface area contributed by atoms with Gasteiger partial charge in [0, 0.05) is 18.8 Å². The van der Waals surface area contributed by atoms with E-state index in [1.165, 1.54) is 18.9 Å². The van der Waals surface area contributed by atoms with Gasteiger partial charge in [-0.1, -0.05) is 13.8 Å². The van der Waals surface area contributed by atoms with E-state index in [-0.39, 0.29) is 5.56 Å². The van der Waals surface area contributed by atoms with Crippen LogP contribution in [0, 0.1) is 16.1 Å². The summed E-state index contributed by atoms with van der Waals surface area (Å²) >= 11 is 5.13. The molecule has 1 N–H and O–H groups in total. The van der Waals surface area contributed by atoms with Crippen LogP contribution in [0.3, 0.4) is 0 Å². The van der Waals surface area contributed by atoms with E-state index in [1.54, 1.807) is 6.20 Å². The summed E-state index contributed by atoms with van der Waals surface area (Å²) in [6.07, 6.45) is 4.33.